The van der Waals surface area contributed by atoms with Crippen molar-refractivity contribution in [2.24, 2.45) is 0 Å². The Bertz CT molecular complexity index is 631. The topological polar surface area (TPSA) is 90.2 Å². The van der Waals surface area contributed by atoms with E-state index in [-0.39, 0.29) is 19.9 Å². The van der Waals surface area contributed by atoms with Crippen molar-refractivity contribution in [3.63, 3.8) is 0 Å². The predicted octanol–water partition coefficient (Wildman–Crippen LogP) is -0.790. The van der Waals surface area contributed by atoms with Gasteiger partial charge in [-0.3, -0.25) is 4.57 Å². The number of nitrogens with one attached hydrogen (secondary N) is 1. The van der Waals surface area contributed by atoms with Crippen molar-refractivity contribution in [1.29, 1.82) is 0 Å². The lowest BCUT2D eigenvalue weighted by atomic mass is 10.3. The molecule has 1 aromatic heterocycles. The molecule has 0 aliphatic heterocycles. The molecule has 0 saturated carbocycles. The highest BCUT2D eigenvalue weighted by Gasteiger charge is 2.12. The van der Waals surface area contributed by atoms with Gasteiger partial charge in [0.25, 0.3) is 0 Å². The molecule has 0 saturated heterocycles. The molecule has 0 bridgehead atoms. The molecule has 1 aromatic carbocycles. The van der Waals surface area contributed by atoms with Crippen LogP contribution in [-0.4, -0.2) is 28.0 Å². The van der Waals surface area contributed by atoms with E-state index in [0.717, 1.165) is 0 Å². The van der Waals surface area contributed by atoms with Crippen molar-refractivity contribution in [2.45, 2.75) is 6.73 Å². The van der Waals surface area contributed by atoms with Crippen LogP contribution < -0.4 is 10.2 Å². The van der Waals surface area contributed by atoms with Crippen LogP contribution in [0.1, 0.15) is 0 Å². The minimum atomic E-state index is -0.559. The van der Waals surface area contributed by atoms with Crippen molar-refractivity contribution >= 4 is 11.0 Å². The second kappa shape index (κ2) is 4.89. The number of aliphatic hydroxyl groups is 1. The van der Waals surface area contributed by atoms with Crippen LogP contribution in [0, 0.1) is 4.91 Å². The second-order valence-corrected chi connectivity index (χ2v) is 3.39. The predicted molar refractivity (Wildman–Crippen MR) is 59.0 cm³/mol. The van der Waals surface area contributed by atoms with Crippen molar-refractivity contribution < 1.29 is 14.4 Å². The maximum Gasteiger partial charge on any atom is 0.381 e. The molecule has 0 unspecified atom stereocenters. The number of para-hydroxylation sites is 2. The molecule has 17 heavy (non-hydrogen) atoms. The summed E-state index contributed by atoms with van der Waals surface area (Å²) in [4.78, 5) is 23.0. The zero-order valence-electron chi connectivity index (χ0n) is 9.00. The molecular weight excluding hydrogens is 226 g/mol. The van der Waals surface area contributed by atoms with E-state index in [1.807, 2.05) is 0 Å². The molecule has 0 aliphatic rings. The SMILES string of the molecule is O=c1[nH][n+](=O)c2ccccc2n1COCCO. The number of aromatic nitrogens is 3. The fraction of sp³-hybridized carbons (Fsp3) is 0.300. The van der Waals surface area contributed by atoms with Gasteiger partial charge in [-0.1, -0.05) is 17.2 Å². The number of benzene rings is 1. The Morgan fingerprint density at radius 3 is 2.94 bits per heavy atom. The standard InChI is InChI=1S/C10H11N3O4/c14-5-6-17-7-12-8-3-1-2-4-9(8)13(16)11-10(12)15/h1-4,14H,5-7H2/p+1. The zero-order chi connectivity index (χ0) is 12.3. The van der Waals surface area contributed by atoms with Crippen molar-refractivity contribution in [3.8, 4) is 0 Å². The van der Waals surface area contributed by atoms with Gasteiger partial charge < -0.3 is 9.84 Å². The third kappa shape index (κ3) is 2.24. The molecule has 90 valence electrons. The number of H-pyrrole nitrogens is 1. The number of ether oxygens (including phenoxy) is 1. The van der Waals surface area contributed by atoms with E-state index in [2.05, 4.69) is 5.10 Å². The fourth-order valence-corrected chi connectivity index (χ4v) is 1.53. The number of hydrogen-bond donors (Lipinski definition) is 2. The van der Waals surface area contributed by atoms with E-state index >= 15 is 0 Å². The summed E-state index contributed by atoms with van der Waals surface area (Å²) in [5.41, 5.74) is 0.264. The molecule has 2 aromatic rings. The largest absolute Gasteiger partial charge is 0.394 e. The molecule has 0 amide bonds. The average Bonchev–Trinajstić information content (AvgIpc) is 2.33. The lowest BCUT2D eigenvalue weighted by Crippen LogP contribution is -2.36. The Morgan fingerprint density at radius 1 is 1.41 bits per heavy atom. The highest BCUT2D eigenvalue weighted by atomic mass is 16.5. The van der Waals surface area contributed by atoms with Crippen molar-refractivity contribution in [3.05, 3.63) is 39.7 Å². The fourth-order valence-electron chi connectivity index (χ4n) is 1.53. The van der Waals surface area contributed by atoms with Gasteiger partial charge >= 0.3 is 11.2 Å². The van der Waals surface area contributed by atoms with Gasteiger partial charge in [-0.05, 0) is 6.07 Å². The number of nitrogens with zero attached hydrogens (tertiary/aromatic N) is 2. The second-order valence-electron chi connectivity index (χ2n) is 3.39. The van der Waals surface area contributed by atoms with E-state index in [0.29, 0.717) is 15.6 Å². The van der Waals surface area contributed by atoms with Crippen LogP contribution in [0.3, 0.4) is 0 Å². The van der Waals surface area contributed by atoms with Crippen LogP contribution in [0.5, 0.6) is 0 Å². The Labute approximate surface area is 95.5 Å². The summed E-state index contributed by atoms with van der Waals surface area (Å²) in [5, 5.41) is 10.7. The van der Waals surface area contributed by atoms with E-state index < -0.39 is 5.69 Å². The molecule has 7 heteroatoms. The molecule has 2 N–H and O–H groups in total. The lowest BCUT2D eigenvalue weighted by molar-refractivity contribution is -0.539. The van der Waals surface area contributed by atoms with Crippen LogP contribution in [0.4, 0.5) is 0 Å². The maximum absolute atomic E-state index is 11.6. The smallest absolute Gasteiger partial charge is 0.381 e. The molecular formula is C10H12N3O4+. The first kappa shape index (κ1) is 11.5. The summed E-state index contributed by atoms with van der Waals surface area (Å²) in [7, 11) is 0. The van der Waals surface area contributed by atoms with Crippen LogP contribution in [0.25, 0.3) is 11.0 Å². The molecule has 1 heterocycles. The average molecular weight is 238 g/mol. The van der Waals surface area contributed by atoms with Gasteiger partial charge in [0.1, 0.15) is 12.2 Å². The number of aromatic amines is 1. The molecule has 0 radical (unpaired) electrons. The monoisotopic (exact) mass is 238 g/mol. The minimum Gasteiger partial charge on any atom is -0.394 e. The normalized spacial score (nSPS) is 10.9. The van der Waals surface area contributed by atoms with E-state index in [1.165, 1.54) is 4.57 Å². The van der Waals surface area contributed by atoms with Gasteiger partial charge in [-0.2, -0.15) is 0 Å². The number of hydrogen-bond acceptors (Lipinski definition) is 4. The highest BCUT2D eigenvalue weighted by molar-refractivity contribution is 5.70. The summed E-state index contributed by atoms with van der Waals surface area (Å²) in [6.45, 7) is -0.00489. The van der Waals surface area contributed by atoms with Crippen molar-refractivity contribution in [1.82, 2.24) is 9.67 Å². The zero-order valence-corrected chi connectivity index (χ0v) is 9.00. The summed E-state index contributed by atoms with van der Waals surface area (Å²) in [6.07, 6.45) is 0. The van der Waals surface area contributed by atoms with Gasteiger partial charge in [0.05, 0.1) is 18.1 Å². The Hall–Kier alpha value is -1.99. The number of aliphatic hydroxyl groups excluding tert-OH is 1. The quantitative estimate of drug-likeness (QED) is 0.539. The Kier molecular flexibility index (Phi) is 3.31. The van der Waals surface area contributed by atoms with Gasteiger partial charge in [0.2, 0.25) is 0 Å². The highest BCUT2D eigenvalue weighted by Crippen LogP contribution is 2.05. The minimum absolute atomic E-state index is 0.0166. The van der Waals surface area contributed by atoms with Crippen LogP contribution in [0.15, 0.2) is 29.1 Å². The number of fused-ring (bicyclic) bond motifs is 1. The molecule has 7 nitrogen and oxygen atoms in total. The molecule has 0 atom stereocenters. The van der Waals surface area contributed by atoms with Crippen molar-refractivity contribution in [2.75, 3.05) is 13.2 Å². The third-order valence-electron chi connectivity index (χ3n) is 2.29. The Balaban J connectivity index is 2.54. The van der Waals surface area contributed by atoms with E-state index in [4.69, 9.17) is 9.84 Å². The van der Waals surface area contributed by atoms with E-state index in [9.17, 15) is 9.70 Å². The molecule has 2 rings (SSSR count). The summed E-state index contributed by atoms with van der Waals surface area (Å²) in [6, 6.07) is 6.68. The molecule has 0 aliphatic carbocycles. The Morgan fingerprint density at radius 2 is 2.18 bits per heavy atom. The van der Waals surface area contributed by atoms with Crippen LogP contribution in [0.2, 0.25) is 0 Å². The summed E-state index contributed by atoms with van der Waals surface area (Å²) in [5.74, 6) is 0. The summed E-state index contributed by atoms with van der Waals surface area (Å²) >= 11 is 0. The lowest BCUT2D eigenvalue weighted by Gasteiger charge is -2.05. The maximum atomic E-state index is 11.6. The van der Waals surface area contributed by atoms with E-state index in [1.54, 1.807) is 24.3 Å². The third-order valence-corrected chi connectivity index (χ3v) is 2.29. The van der Waals surface area contributed by atoms with Crippen LogP contribution >= 0.6 is 0 Å². The summed E-state index contributed by atoms with van der Waals surface area (Å²) < 4.78 is 6.79. The van der Waals surface area contributed by atoms with Gasteiger partial charge in [0.15, 0.2) is 4.54 Å². The van der Waals surface area contributed by atoms with Crippen LogP contribution in [-0.2, 0) is 11.5 Å². The van der Waals surface area contributed by atoms with Gasteiger partial charge in [0, 0.05) is 6.07 Å². The van der Waals surface area contributed by atoms with Gasteiger partial charge in [-0.25, -0.2) is 4.79 Å². The number of rotatable bonds is 4. The van der Waals surface area contributed by atoms with Gasteiger partial charge in [-0.15, -0.1) is 0 Å². The molecule has 0 fully saturated rings. The first-order valence-corrected chi connectivity index (χ1v) is 5.07. The first-order chi connectivity index (χ1) is 8.24. The molecule has 0 spiro atoms. The first-order valence-electron chi connectivity index (χ1n) is 5.07.